The second-order valence-corrected chi connectivity index (χ2v) is 4.25. The molecule has 16 heavy (non-hydrogen) atoms. The van der Waals surface area contributed by atoms with Crippen molar-refractivity contribution < 1.29 is 9.90 Å². The van der Waals surface area contributed by atoms with Gasteiger partial charge in [-0.3, -0.25) is 9.59 Å². The van der Waals surface area contributed by atoms with Crippen LogP contribution in [0.5, 0.6) is 0 Å². The van der Waals surface area contributed by atoms with Crippen molar-refractivity contribution in [2.24, 2.45) is 7.05 Å². The van der Waals surface area contributed by atoms with Crippen molar-refractivity contribution in [2.75, 3.05) is 0 Å². The van der Waals surface area contributed by atoms with Gasteiger partial charge >= 0.3 is 5.97 Å². The Bertz CT molecular complexity index is 488. The first kappa shape index (κ1) is 10.9. The molecule has 0 spiro atoms. The van der Waals surface area contributed by atoms with E-state index in [9.17, 15) is 9.59 Å². The van der Waals surface area contributed by atoms with Gasteiger partial charge in [0.25, 0.3) is 5.56 Å². The maximum Gasteiger partial charge on any atom is 0.303 e. The molecule has 0 saturated carbocycles. The molecule has 1 aliphatic rings. The van der Waals surface area contributed by atoms with Crippen LogP contribution in [-0.2, 0) is 31.1 Å². The van der Waals surface area contributed by atoms with Crippen LogP contribution in [-0.4, -0.2) is 15.6 Å². The Morgan fingerprint density at radius 2 is 2.25 bits per heavy atom. The molecule has 0 amide bonds. The number of hydrogen-bond donors (Lipinski definition) is 1. The number of nitrogens with zero attached hydrogens (tertiary/aromatic N) is 1. The molecule has 4 heteroatoms. The highest BCUT2D eigenvalue weighted by Crippen LogP contribution is 2.20. The molecule has 86 valence electrons. The fraction of sp³-hybridized carbons (Fsp3) is 0.500. The van der Waals surface area contributed by atoms with Gasteiger partial charge in [-0.2, -0.15) is 0 Å². The molecule has 1 aliphatic carbocycles. The minimum Gasteiger partial charge on any atom is -0.481 e. The van der Waals surface area contributed by atoms with E-state index in [1.165, 1.54) is 5.56 Å². The van der Waals surface area contributed by atoms with Gasteiger partial charge in [0.2, 0.25) is 0 Å². The quantitative estimate of drug-likeness (QED) is 0.824. The maximum atomic E-state index is 11.9. The molecule has 1 N–H and O–H groups in total. The van der Waals surface area contributed by atoms with Crippen LogP contribution in [0.15, 0.2) is 10.9 Å². The molecule has 1 aromatic rings. The molecule has 0 saturated heterocycles. The second kappa shape index (κ2) is 4.12. The van der Waals surface area contributed by atoms with Crippen molar-refractivity contribution in [3.63, 3.8) is 0 Å². The summed E-state index contributed by atoms with van der Waals surface area (Å²) in [4.78, 5) is 22.4. The van der Waals surface area contributed by atoms with Gasteiger partial charge in [-0.15, -0.1) is 0 Å². The smallest absolute Gasteiger partial charge is 0.303 e. The van der Waals surface area contributed by atoms with Gasteiger partial charge in [0.05, 0.1) is 0 Å². The van der Waals surface area contributed by atoms with Crippen molar-refractivity contribution in [1.29, 1.82) is 0 Å². The Balaban J connectivity index is 2.36. The van der Waals surface area contributed by atoms with Gasteiger partial charge in [0.1, 0.15) is 0 Å². The average Bonchev–Trinajstić information content (AvgIpc) is 2.69. The summed E-state index contributed by atoms with van der Waals surface area (Å²) in [6, 6.07) is 1.90. The van der Waals surface area contributed by atoms with Crippen molar-refractivity contribution >= 4 is 5.97 Å². The van der Waals surface area contributed by atoms with E-state index in [0.29, 0.717) is 12.0 Å². The van der Waals surface area contributed by atoms with E-state index in [4.69, 9.17) is 5.11 Å². The third-order valence-electron chi connectivity index (χ3n) is 3.17. The summed E-state index contributed by atoms with van der Waals surface area (Å²) in [6.07, 6.45) is 3.40. The Labute approximate surface area is 93.5 Å². The first-order valence-corrected chi connectivity index (χ1v) is 5.52. The van der Waals surface area contributed by atoms with Crippen LogP contribution in [0.25, 0.3) is 0 Å². The zero-order valence-corrected chi connectivity index (χ0v) is 9.32. The van der Waals surface area contributed by atoms with E-state index in [1.807, 2.05) is 6.07 Å². The molecular formula is C12H15NO3. The van der Waals surface area contributed by atoms with Crippen LogP contribution in [0.2, 0.25) is 0 Å². The van der Waals surface area contributed by atoms with Gasteiger partial charge in [-0.25, -0.2) is 0 Å². The first-order valence-electron chi connectivity index (χ1n) is 5.52. The summed E-state index contributed by atoms with van der Waals surface area (Å²) < 4.78 is 1.68. The zero-order chi connectivity index (χ0) is 11.7. The first-order chi connectivity index (χ1) is 7.59. The predicted octanol–water partition coefficient (Wildman–Crippen LogP) is 0.891. The van der Waals surface area contributed by atoms with Crippen LogP contribution in [0.1, 0.15) is 29.7 Å². The van der Waals surface area contributed by atoms with Gasteiger partial charge in [-0.05, 0) is 37.3 Å². The van der Waals surface area contributed by atoms with Crippen LogP contribution in [0, 0.1) is 0 Å². The molecule has 1 aromatic heterocycles. The van der Waals surface area contributed by atoms with E-state index < -0.39 is 5.97 Å². The largest absolute Gasteiger partial charge is 0.481 e. The molecule has 0 atom stereocenters. The van der Waals surface area contributed by atoms with Gasteiger partial charge < -0.3 is 9.67 Å². The lowest BCUT2D eigenvalue weighted by atomic mass is 10.1. The van der Waals surface area contributed by atoms with Crippen LogP contribution in [0.3, 0.4) is 0 Å². The Hall–Kier alpha value is -1.58. The molecular weight excluding hydrogens is 206 g/mol. The number of hydrogen-bond acceptors (Lipinski definition) is 2. The van der Waals surface area contributed by atoms with Crippen molar-refractivity contribution in [3.8, 4) is 0 Å². The summed E-state index contributed by atoms with van der Waals surface area (Å²) in [5.41, 5.74) is 2.92. The van der Waals surface area contributed by atoms with Crippen LogP contribution >= 0.6 is 0 Å². The number of rotatable bonds is 3. The molecule has 0 aliphatic heterocycles. The van der Waals surface area contributed by atoms with Crippen LogP contribution in [0.4, 0.5) is 0 Å². The van der Waals surface area contributed by atoms with Crippen molar-refractivity contribution in [3.05, 3.63) is 33.2 Å². The number of aromatic nitrogens is 1. The van der Waals surface area contributed by atoms with E-state index in [1.54, 1.807) is 11.6 Å². The summed E-state index contributed by atoms with van der Waals surface area (Å²) in [5, 5.41) is 8.62. The minimum atomic E-state index is -0.859. The van der Waals surface area contributed by atoms with E-state index in [0.717, 1.165) is 25.0 Å². The summed E-state index contributed by atoms with van der Waals surface area (Å²) in [7, 11) is 1.77. The fourth-order valence-corrected chi connectivity index (χ4v) is 2.32. The number of fused-ring (bicyclic) bond motifs is 1. The summed E-state index contributed by atoms with van der Waals surface area (Å²) in [5.74, 6) is -0.859. The number of aryl methyl sites for hydroxylation is 2. The molecule has 0 fully saturated rings. The highest BCUT2D eigenvalue weighted by molar-refractivity contribution is 5.67. The molecule has 2 rings (SSSR count). The lowest BCUT2D eigenvalue weighted by Gasteiger charge is -2.09. The lowest BCUT2D eigenvalue weighted by Crippen LogP contribution is -2.24. The molecule has 0 unspecified atom stereocenters. The standard InChI is InChI=1S/C12H15NO3/c1-13-10-4-2-3-8(10)7-9(12(13)16)5-6-11(14)15/h7H,2-6H2,1H3,(H,14,15). The average molecular weight is 221 g/mol. The van der Waals surface area contributed by atoms with Gasteiger partial charge in [0.15, 0.2) is 0 Å². The molecule has 1 heterocycles. The highest BCUT2D eigenvalue weighted by atomic mass is 16.4. The third kappa shape index (κ3) is 1.87. The summed E-state index contributed by atoms with van der Waals surface area (Å²) in [6.45, 7) is 0. The monoisotopic (exact) mass is 221 g/mol. The number of pyridine rings is 1. The third-order valence-corrected chi connectivity index (χ3v) is 3.17. The number of carbonyl (C=O) groups is 1. The van der Waals surface area contributed by atoms with Gasteiger partial charge in [0, 0.05) is 24.7 Å². The minimum absolute atomic E-state index is 0.0219. The lowest BCUT2D eigenvalue weighted by molar-refractivity contribution is -0.136. The second-order valence-electron chi connectivity index (χ2n) is 4.25. The SMILES string of the molecule is Cn1c2c(cc(CCC(=O)O)c1=O)CCC2. The van der Waals surface area contributed by atoms with Crippen LogP contribution < -0.4 is 5.56 Å². The number of aliphatic carboxylic acids is 1. The topological polar surface area (TPSA) is 59.3 Å². The van der Waals surface area contributed by atoms with E-state index in [-0.39, 0.29) is 12.0 Å². The Morgan fingerprint density at radius 1 is 1.50 bits per heavy atom. The number of carboxylic acid groups (broad SMARTS) is 1. The van der Waals surface area contributed by atoms with E-state index >= 15 is 0 Å². The fourth-order valence-electron chi connectivity index (χ4n) is 2.32. The maximum absolute atomic E-state index is 11.9. The Kier molecular flexibility index (Phi) is 2.81. The number of carboxylic acids is 1. The van der Waals surface area contributed by atoms with Gasteiger partial charge in [-0.1, -0.05) is 0 Å². The van der Waals surface area contributed by atoms with E-state index in [2.05, 4.69) is 0 Å². The molecule has 0 radical (unpaired) electrons. The molecule has 4 nitrogen and oxygen atoms in total. The summed E-state index contributed by atoms with van der Waals surface area (Å²) >= 11 is 0. The van der Waals surface area contributed by atoms with Crippen molar-refractivity contribution in [1.82, 2.24) is 4.57 Å². The Morgan fingerprint density at radius 3 is 2.94 bits per heavy atom. The van der Waals surface area contributed by atoms with Crippen molar-refractivity contribution in [2.45, 2.75) is 32.1 Å². The predicted molar refractivity (Wildman–Crippen MR) is 59.7 cm³/mol. The normalized spacial score (nSPS) is 13.8. The zero-order valence-electron chi connectivity index (χ0n) is 9.32. The molecule has 0 bridgehead atoms. The highest BCUT2D eigenvalue weighted by Gasteiger charge is 2.17. The molecule has 0 aromatic carbocycles.